The van der Waals surface area contributed by atoms with Crippen molar-refractivity contribution < 1.29 is 22.7 Å². The largest absolute Gasteiger partial charge is 0.462 e. The first-order chi connectivity index (χ1) is 12.3. The standard InChI is InChI=1S/C18H20N2O5S/c1-2-25-18(22)14-8-10-15(11-9-14)26(23,24)20-16(17(19)21)12-13-6-4-3-5-7-13/h3-11,16,20H,2,12H2,1H3,(H2,19,21). The highest BCUT2D eigenvalue weighted by Gasteiger charge is 2.24. The van der Waals surface area contributed by atoms with Gasteiger partial charge in [-0.2, -0.15) is 4.72 Å². The summed E-state index contributed by atoms with van der Waals surface area (Å²) < 4.78 is 32.2. The zero-order valence-corrected chi connectivity index (χ0v) is 15.0. The topological polar surface area (TPSA) is 116 Å². The monoisotopic (exact) mass is 376 g/mol. The van der Waals surface area contributed by atoms with E-state index < -0.39 is 27.9 Å². The molecule has 0 spiro atoms. The van der Waals surface area contributed by atoms with Gasteiger partial charge in [-0.3, -0.25) is 4.79 Å². The van der Waals surface area contributed by atoms with Crippen LogP contribution in [-0.2, 0) is 26.0 Å². The third-order valence-corrected chi connectivity index (χ3v) is 5.09. The number of primary amides is 1. The maximum Gasteiger partial charge on any atom is 0.338 e. The minimum Gasteiger partial charge on any atom is -0.462 e. The number of hydrogen-bond donors (Lipinski definition) is 2. The molecule has 3 N–H and O–H groups in total. The Labute approximate surface area is 152 Å². The van der Waals surface area contributed by atoms with Crippen LogP contribution < -0.4 is 10.5 Å². The molecule has 138 valence electrons. The van der Waals surface area contributed by atoms with Crippen LogP contribution in [0.1, 0.15) is 22.8 Å². The lowest BCUT2D eigenvalue weighted by atomic mass is 10.1. The van der Waals surface area contributed by atoms with E-state index in [1.807, 2.05) is 6.07 Å². The molecule has 2 aromatic rings. The van der Waals surface area contributed by atoms with Crippen molar-refractivity contribution in [3.05, 3.63) is 65.7 Å². The number of nitrogens with one attached hydrogen (secondary N) is 1. The van der Waals surface area contributed by atoms with Crippen molar-refractivity contribution in [2.45, 2.75) is 24.3 Å². The molecule has 0 heterocycles. The second-order valence-corrected chi connectivity index (χ2v) is 7.22. The molecule has 26 heavy (non-hydrogen) atoms. The SMILES string of the molecule is CCOC(=O)c1ccc(S(=O)(=O)NC(Cc2ccccc2)C(N)=O)cc1. The Bertz CT molecular complexity index is 864. The molecule has 0 bridgehead atoms. The van der Waals surface area contributed by atoms with Gasteiger partial charge in [0.2, 0.25) is 15.9 Å². The molecule has 2 aromatic carbocycles. The van der Waals surface area contributed by atoms with E-state index in [0.29, 0.717) is 0 Å². The summed E-state index contributed by atoms with van der Waals surface area (Å²) in [5.41, 5.74) is 6.35. The van der Waals surface area contributed by atoms with Crippen LogP contribution in [0.4, 0.5) is 0 Å². The molecule has 8 heteroatoms. The molecule has 0 saturated carbocycles. The molecule has 2 rings (SSSR count). The summed E-state index contributed by atoms with van der Waals surface area (Å²) in [7, 11) is -3.98. The van der Waals surface area contributed by atoms with Crippen LogP contribution in [0.5, 0.6) is 0 Å². The van der Waals surface area contributed by atoms with E-state index in [9.17, 15) is 18.0 Å². The second-order valence-electron chi connectivity index (χ2n) is 5.51. The van der Waals surface area contributed by atoms with Crippen molar-refractivity contribution in [3.8, 4) is 0 Å². The van der Waals surface area contributed by atoms with Crippen molar-refractivity contribution in [2.75, 3.05) is 6.61 Å². The molecule has 0 radical (unpaired) electrons. The number of sulfonamides is 1. The first kappa shape index (κ1) is 19.6. The lowest BCUT2D eigenvalue weighted by Gasteiger charge is -2.16. The van der Waals surface area contributed by atoms with E-state index in [1.54, 1.807) is 31.2 Å². The average Bonchev–Trinajstić information content (AvgIpc) is 2.62. The predicted molar refractivity (Wildman–Crippen MR) is 95.8 cm³/mol. The van der Waals surface area contributed by atoms with Crippen LogP contribution in [0.25, 0.3) is 0 Å². The zero-order valence-electron chi connectivity index (χ0n) is 14.2. The Balaban J connectivity index is 2.17. The predicted octanol–water partition coefficient (Wildman–Crippen LogP) is 1.24. The number of benzene rings is 2. The summed E-state index contributed by atoms with van der Waals surface area (Å²) in [6.45, 7) is 1.90. The fourth-order valence-electron chi connectivity index (χ4n) is 2.29. The Morgan fingerprint density at radius 3 is 2.23 bits per heavy atom. The van der Waals surface area contributed by atoms with Crippen molar-refractivity contribution in [1.82, 2.24) is 4.72 Å². The molecular weight excluding hydrogens is 356 g/mol. The number of rotatable bonds is 8. The van der Waals surface area contributed by atoms with Gasteiger partial charge in [0.05, 0.1) is 17.1 Å². The van der Waals surface area contributed by atoms with E-state index in [-0.39, 0.29) is 23.5 Å². The lowest BCUT2D eigenvalue weighted by molar-refractivity contribution is -0.119. The van der Waals surface area contributed by atoms with Gasteiger partial charge in [-0.15, -0.1) is 0 Å². The molecular formula is C18H20N2O5S. The number of amides is 1. The van der Waals surface area contributed by atoms with Gasteiger partial charge in [0, 0.05) is 0 Å². The maximum absolute atomic E-state index is 12.5. The fourth-order valence-corrected chi connectivity index (χ4v) is 3.49. The van der Waals surface area contributed by atoms with Gasteiger partial charge in [0.1, 0.15) is 6.04 Å². The number of nitrogens with two attached hydrogens (primary N) is 1. The van der Waals surface area contributed by atoms with E-state index in [1.165, 1.54) is 24.3 Å². The summed E-state index contributed by atoms with van der Waals surface area (Å²) in [6, 6.07) is 13.1. The number of carbonyl (C=O) groups excluding carboxylic acids is 2. The number of carbonyl (C=O) groups is 2. The molecule has 1 unspecified atom stereocenters. The van der Waals surface area contributed by atoms with Gasteiger partial charge in [0.25, 0.3) is 0 Å². The maximum atomic E-state index is 12.5. The summed E-state index contributed by atoms with van der Waals surface area (Å²) in [5.74, 6) is -1.32. The highest BCUT2D eigenvalue weighted by molar-refractivity contribution is 7.89. The summed E-state index contributed by atoms with van der Waals surface area (Å²) >= 11 is 0. The summed E-state index contributed by atoms with van der Waals surface area (Å²) in [6.07, 6.45) is 0.135. The van der Waals surface area contributed by atoms with Crippen LogP contribution in [0.2, 0.25) is 0 Å². The smallest absolute Gasteiger partial charge is 0.338 e. The number of hydrogen-bond acceptors (Lipinski definition) is 5. The fraction of sp³-hybridized carbons (Fsp3) is 0.222. The van der Waals surface area contributed by atoms with E-state index in [2.05, 4.69) is 4.72 Å². The van der Waals surface area contributed by atoms with Crippen molar-refractivity contribution in [2.24, 2.45) is 5.73 Å². The van der Waals surface area contributed by atoms with Gasteiger partial charge in [-0.1, -0.05) is 30.3 Å². The van der Waals surface area contributed by atoms with E-state index in [0.717, 1.165) is 5.56 Å². The quantitative estimate of drug-likeness (QED) is 0.673. The van der Waals surface area contributed by atoms with Crippen LogP contribution in [0, 0.1) is 0 Å². The second kappa shape index (κ2) is 8.59. The van der Waals surface area contributed by atoms with Crippen LogP contribution in [0.15, 0.2) is 59.5 Å². The Morgan fingerprint density at radius 1 is 1.08 bits per heavy atom. The number of esters is 1. The molecule has 0 aliphatic carbocycles. The molecule has 7 nitrogen and oxygen atoms in total. The molecule has 0 saturated heterocycles. The molecule has 0 aliphatic rings. The molecule has 1 amide bonds. The van der Waals surface area contributed by atoms with Gasteiger partial charge in [-0.25, -0.2) is 13.2 Å². The van der Waals surface area contributed by atoms with Gasteiger partial charge < -0.3 is 10.5 Å². The minimum atomic E-state index is -3.98. The number of ether oxygens (including phenoxy) is 1. The van der Waals surface area contributed by atoms with Crippen molar-refractivity contribution in [3.63, 3.8) is 0 Å². The molecule has 0 aromatic heterocycles. The summed E-state index contributed by atoms with van der Waals surface area (Å²) in [5, 5.41) is 0. The first-order valence-corrected chi connectivity index (χ1v) is 9.44. The van der Waals surface area contributed by atoms with Gasteiger partial charge in [-0.05, 0) is 43.2 Å². The zero-order chi connectivity index (χ0) is 19.2. The van der Waals surface area contributed by atoms with Crippen molar-refractivity contribution in [1.29, 1.82) is 0 Å². The van der Waals surface area contributed by atoms with Crippen LogP contribution in [0.3, 0.4) is 0 Å². The van der Waals surface area contributed by atoms with E-state index >= 15 is 0 Å². The van der Waals surface area contributed by atoms with Gasteiger partial charge >= 0.3 is 5.97 Å². The van der Waals surface area contributed by atoms with Crippen LogP contribution >= 0.6 is 0 Å². The third-order valence-electron chi connectivity index (χ3n) is 3.60. The minimum absolute atomic E-state index is 0.0788. The lowest BCUT2D eigenvalue weighted by Crippen LogP contribution is -2.45. The third kappa shape index (κ3) is 5.14. The normalized spacial score (nSPS) is 12.3. The van der Waals surface area contributed by atoms with Gasteiger partial charge in [0.15, 0.2) is 0 Å². The summed E-state index contributed by atoms with van der Waals surface area (Å²) in [4.78, 5) is 23.2. The van der Waals surface area contributed by atoms with Crippen LogP contribution in [-0.4, -0.2) is 32.9 Å². The molecule has 0 fully saturated rings. The highest BCUT2D eigenvalue weighted by Crippen LogP contribution is 2.13. The first-order valence-electron chi connectivity index (χ1n) is 7.96. The Hall–Kier alpha value is -2.71. The Kier molecular flexibility index (Phi) is 6.48. The average molecular weight is 376 g/mol. The van der Waals surface area contributed by atoms with Crippen molar-refractivity contribution >= 4 is 21.9 Å². The highest BCUT2D eigenvalue weighted by atomic mass is 32.2. The molecule has 1 atom stereocenters. The molecule has 0 aliphatic heterocycles. The van der Waals surface area contributed by atoms with E-state index in [4.69, 9.17) is 10.5 Å². The Morgan fingerprint density at radius 2 is 1.69 bits per heavy atom.